The highest BCUT2D eigenvalue weighted by Gasteiger charge is 2.65. The molecule has 0 aromatic heterocycles. The molecule has 10 unspecified atom stereocenters. The van der Waals surface area contributed by atoms with Gasteiger partial charge in [-0.2, -0.15) is 0 Å². The number of carbonyl (C=O) groups excluding carboxylic acids is 2. The van der Waals surface area contributed by atoms with Crippen molar-refractivity contribution in [3.05, 3.63) is 0 Å². The highest BCUT2D eigenvalue weighted by molar-refractivity contribution is 6.00. The smallest absolute Gasteiger partial charge is 0.224 e. The van der Waals surface area contributed by atoms with Crippen molar-refractivity contribution in [3.63, 3.8) is 0 Å². The van der Waals surface area contributed by atoms with Gasteiger partial charge in [-0.3, -0.25) is 15.3 Å². The normalized spacial score (nSPS) is 51.6. The van der Waals surface area contributed by atoms with Crippen molar-refractivity contribution in [2.75, 3.05) is 20.3 Å². The number of ketones is 2. The summed E-state index contributed by atoms with van der Waals surface area (Å²) in [4.78, 5) is 27.6. The predicted octanol–water partition coefficient (Wildman–Crippen LogP) is -2.88. The largest absolute Gasteiger partial charge is 0.392 e. The summed E-state index contributed by atoms with van der Waals surface area (Å²) in [5.74, 6) is -6.00. The van der Waals surface area contributed by atoms with Crippen LogP contribution in [0.25, 0.3) is 0 Å². The highest BCUT2D eigenvalue weighted by atomic mass is 16.8. The van der Waals surface area contributed by atoms with Crippen LogP contribution in [0.3, 0.4) is 0 Å². The quantitative estimate of drug-likeness (QED) is 0.147. The van der Waals surface area contributed by atoms with Crippen molar-refractivity contribution in [1.29, 1.82) is 0 Å². The van der Waals surface area contributed by atoms with E-state index in [-0.39, 0.29) is 42.4 Å². The van der Waals surface area contributed by atoms with Crippen LogP contribution in [0.4, 0.5) is 0 Å². The second kappa shape index (κ2) is 12.4. The molecule has 5 rings (SSSR count). The molecule has 0 amide bonds. The number of Topliss-reactive ketones (excluding diaryl/α,β-unsaturated/α-hetero) is 2. The Morgan fingerprint density at radius 1 is 1.02 bits per heavy atom. The van der Waals surface area contributed by atoms with E-state index in [1.54, 1.807) is 0 Å². The summed E-state index contributed by atoms with van der Waals surface area (Å²) < 4.78 is 17.3. The van der Waals surface area contributed by atoms with Crippen LogP contribution in [0, 0.1) is 35.5 Å². The molecule has 0 bridgehead atoms. The van der Waals surface area contributed by atoms with Crippen LogP contribution >= 0.6 is 0 Å². The van der Waals surface area contributed by atoms with E-state index in [1.165, 1.54) is 7.11 Å². The summed E-state index contributed by atoms with van der Waals surface area (Å²) in [6.07, 6.45) is -5.02. The van der Waals surface area contributed by atoms with Gasteiger partial charge in [0.15, 0.2) is 6.29 Å². The van der Waals surface area contributed by atoms with E-state index >= 15 is 0 Å². The highest BCUT2D eigenvalue weighted by Crippen LogP contribution is 2.50. The van der Waals surface area contributed by atoms with Crippen molar-refractivity contribution in [1.82, 2.24) is 0 Å². The summed E-state index contributed by atoms with van der Waals surface area (Å²) in [6, 6.07) is 0. The first-order valence-electron chi connectivity index (χ1n) is 15.5. The van der Waals surface area contributed by atoms with Gasteiger partial charge in [0.05, 0.1) is 36.7 Å². The molecule has 13 heteroatoms. The molecule has 2 heterocycles. The van der Waals surface area contributed by atoms with Gasteiger partial charge in [0.2, 0.25) is 5.79 Å². The van der Waals surface area contributed by atoms with Crippen molar-refractivity contribution in [3.8, 4) is 0 Å². The Balaban J connectivity index is 1.36. The fraction of sp³-hybridized carbons (Fsp3) is 0.931. The van der Waals surface area contributed by atoms with Gasteiger partial charge in [0.1, 0.15) is 42.1 Å². The maximum Gasteiger partial charge on any atom is 0.224 e. The number of nitrogens with two attached hydrogens (primary N) is 2. The van der Waals surface area contributed by atoms with Crippen LogP contribution in [0.15, 0.2) is 0 Å². The molecule has 240 valence electrons. The Bertz CT molecular complexity index is 1000. The molecule has 0 aromatic rings. The minimum Gasteiger partial charge on any atom is -0.392 e. The Kier molecular flexibility index (Phi) is 9.50. The number of methoxy groups -OCH3 is 1. The van der Waals surface area contributed by atoms with Crippen LogP contribution in [0.1, 0.15) is 58.3 Å². The first-order valence-corrected chi connectivity index (χ1v) is 15.5. The molecule has 3 saturated carbocycles. The van der Waals surface area contributed by atoms with Crippen molar-refractivity contribution in [2.45, 2.75) is 113 Å². The van der Waals surface area contributed by atoms with Gasteiger partial charge in [-0.25, -0.2) is 0 Å². The van der Waals surface area contributed by atoms with Crippen molar-refractivity contribution < 1.29 is 59.8 Å². The van der Waals surface area contributed by atoms with Crippen LogP contribution in [0.5, 0.6) is 0 Å². The average Bonchev–Trinajstić information content (AvgIpc) is 2.96. The zero-order chi connectivity index (χ0) is 30.6. The van der Waals surface area contributed by atoms with E-state index in [2.05, 4.69) is 0 Å². The second-order valence-electron chi connectivity index (χ2n) is 13.6. The molecular weight excluding hydrogens is 552 g/mol. The molecule has 5 aliphatic rings. The SMILES string of the molecule is COC1CC(O[C@H]2O[C@](O)(CO)[C@](O)(CCC3CC[NH2+]C(N)C3)[C@H](O)[C@H]2O)C2C(=O)C3C(O)CC(C)CC3C(=O)C2C1. The molecule has 10 N–H and O–H groups in total. The molecule has 0 spiro atoms. The fourth-order valence-corrected chi connectivity index (χ4v) is 8.54. The lowest BCUT2D eigenvalue weighted by molar-refractivity contribution is -0.699. The third-order valence-electron chi connectivity index (χ3n) is 10.9. The monoisotopic (exact) mass is 601 g/mol. The summed E-state index contributed by atoms with van der Waals surface area (Å²) in [5, 5.41) is 68.1. The van der Waals surface area contributed by atoms with Crippen molar-refractivity contribution >= 4 is 11.6 Å². The third kappa shape index (κ3) is 5.60. The van der Waals surface area contributed by atoms with E-state index in [0.717, 1.165) is 13.0 Å². The summed E-state index contributed by atoms with van der Waals surface area (Å²) in [6.45, 7) is 1.65. The van der Waals surface area contributed by atoms with Crippen LogP contribution in [-0.4, -0.2) is 117 Å². The Morgan fingerprint density at radius 2 is 1.74 bits per heavy atom. The minimum absolute atomic E-state index is 0.0935. The third-order valence-corrected chi connectivity index (χ3v) is 10.9. The molecule has 0 radical (unpaired) electrons. The first kappa shape index (κ1) is 32.3. The number of hydrogen-bond donors (Lipinski definition) is 8. The number of piperidine rings is 1. The van der Waals surface area contributed by atoms with Crippen LogP contribution in [-0.2, 0) is 23.8 Å². The lowest BCUT2D eigenvalue weighted by Gasteiger charge is -2.54. The maximum absolute atomic E-state index is 13.9. The zero-order valence-electron chi connectivity index (χ0n) is 24.5. The Hall–Kier alpha value is -1.10. The minimum atomic E-state index is -2.69. The van der Waals surface area contributed by atoms with E-state index in [1.807, 2.05) is 12.2 Å². The summed E-state index contributed by atoms with van der Waals surface area (Å²) in [7, 11) is 1.49. The lowest BCUT2D eigenvalue weighted by atomic mass is 9.55. The molecule has 13 nitrogen and oxygen atoms in total. The van der Waals surface area contributed by atoms with E-state index in [9.17, 15) is 40.2 Å². The molecule has 15 atom stereocenters. The molecular formula is C29H49N2O11+. The molecule has 2 aliphatic heterocycles. The number of fused-ring (bicyclic) bond motifs is 2. The molecule has 5 fully saturated rings. The van der Waals surface area contributed by atoms with Gasteiger partial charge in [-0.05, 0) is 50.4 Å². The van der Waals surface area contributed by atoms with Crippen LogP contribution < -0.4 is 11.1 Å². The topological polar surface area (TPSA) is 226 Å². The van der Waals surface area contributed by atoms with Gasteiger partial charge in [0.25, 0.3) is 0 Å². The fourth-order valence-electron chi connectivity index (χ4n) is 8.54. The summed E-state index contributed by atoms with van der Waals surface area (Å²) in [5.41, 5.74) is 3.60. The Labute approximate surface area is 245 Å². The standard InChI is InChI=1S/C29H48N2O11/c1-13-7-16-21(18(33)8-13)24(35)22-17(23(16)34)10-15(40-2)11-19(22)41-27-25(36)26(37)28(38,29(39,12-32)42-27)5-3-14-4-6-31-20(30)9-14/h13-22,25-27,31-33,36-39H,3-12,30H2,1-2H3/p+1/t13?,14?,15?,16?,17?,18?,19?,20?,21?,22?,25-,26-,27+,28+,29-/m1/s1. The number of rotatable bonds is 7. The van der Waals surface area contributed by atoms with E-state index in [4.69, 9.17) is 19.9 Å². The number of aliphatic hydroxyl groups excluding tert-OH is 4. The molecule has 2 saturated heterocycles. The molecule has 0 aromatic carbocycles. The number of hydrogen-bond acceptors (Lipinski definition) is 12. The predicted molar refractivity (Wildman–Crippen MR) is 144 cm³/mol. The number of carbonyl (C=O) groups is 2. The van der Waals surface area contributed by atoms with Gasteiger partial charge in [-0.15, -0.1) is 0 Å². The molecule has 42 heavy (non-hydrogen) atoms. The van der Waals surface area contributed by atoms with Gasteiger partial charge < -0.3 is 50.2 Å². The van der Waals surface area contributed by atoms with Gasteiger partial charge in [0, 0.05) is 31.8 Å². The second-order valence-corrected chi connectivity index (χ2v) is 13.6. The maximum atomic E-state index is 13.9. The average molecular weight is 602 g/mol. The summed E-state index contributed by atoms with van der Waals surface area (Å²) >= 11 is 0. The van der Waals surface area contributed by atoms with Gasteiger partial charge >= 0.3 is 0 Å². The Morgan fingerprint density at radius 3 is 2.40 bits per heavy atom. The van der Waals surface area contributed by atoms with Gasteiger partial charge in [-0.1, -0.05) is 6.92 Å². The number of quaternary nitrogens is 1. The molecule has 3 aliphatic carbocycles. The number of aliphatic hydroxyl groups is 6. The van der Waals surface area contributed by atoms with Crippen LogP contribution in [0.2, 0.25) is 0 Å². The van der Waals surface area contributed by atoms with E-state index in [0.29, 0.717) is 32.1 Å². The van der Waals surface area contributed by atoms with Crippen molar-refractivity contribution in [2.24, 2.45) is 41.2 Å². The zero-order valence-corrected chi connectivity index (χ0v) is 24.5. The van der Waals surface area contributed by atoms with E-state index < -0.39 is 78.5 Å². The first-order chi connectivity index (χ1) is 19.8. The lowest BCUT2D eigenvalue weighted by Crippen LogP contribution is -2.94. The number of ether oxygens (including phenoxy) is 3.